The van der Waals surface area contributed by atoms with Gasteiger partial charge in [0.05, 0.1) is 11.1 Å². The normalized spacial score (nSPS) is 14.8. The van der Waals surface area contributed by atoms with Gasteiger partial charge in [-0.05, 0) is 24.1 Å². The second-order valence-electron chi connectivity index (χ2n) is 4.49. The summed E-state index contributed by atoms with van der Waals surface area (Å²) in [5.41, 5.74) is 1.05. The molecule has 3 nitrogen and oxygen atoms in total. The zero-order valence-electron chi connectivity index (χ0n) is 11.0. The molecule has 0 fully saturated rings. The Bertz CT molecular complexity index is 482. The largest absolute Gasteiger partial charge is 0.486 e. The molecule has 0 spiro atoms. The fraction of sp³-hybridized carbons (Fsp3) is 0.467. The summed E-state index contributed by atoms with van der Waals surface area (Å²) in [6.45, 7) is 3.89. The molecule has 0 bridgehead atoms. The Morgan fingerprint density at radius 1 is 1.42 bits per heavy atom. The van der Waals surface area contributed by atoms with Crippen LogP contribution < -0.4 is 14.8 Å². The first-order chi connectivity index (χ1) is 9.24. The first kappa shape index (κ1) is 14.0. The van der Waals surface area contributed by atoms with Gasteiger partial charge in [-0.3, -0.25) is 5.32 Å². The van der Waals surface area contributed by atoms with Crippen LogP contribution in [0.25, 0.3) is 0 Å². The smallest absolute Gasteiger partial charge is 0.179 e. The minimum absolute atomic E-state index is 0.0944. The van der Waals surface area contributed by atoms with E-state index in [-0.39, 0.29) is 6.04 Å². The van der Waals surface area contributed by atoms with Crippen molar-refractivity contribution in [2.24, 2.45) is 0 Å². The van der Waals surface area contributed by atoms with Crippen LogP contribution in [0.15, 0.2) is 12.1 Å². The second-order valence-corrected chi connectivity index (χ2v) is 4.90. The Labute approximate surface area is 119 Å². The van der Waals surface area contributed by atoms with Crippen LogP contribution in [-0.4, -0.2) is 19.3 Å². The van der Waals surface area contributed by atoms with E-state index in [1.54, 1.807) is 0 Å². The van der Waals surface area contributed by atoms with Gasteiger partial charge in [0, 0.05) is 6.54 Å². The third-order valence-electron chi connectivity index (χ3n) is 2.99. The van der Waals surface area contributed by atoms with Crippen molar-refractivity contribution in [3.63, 3.8) is 0 Å². The second kappa shape index (κ2) is 6.70. The topological polar surface area (TPSA) is 30.5 Å². The van der Waals surface area contributed by atoms with E-state index in [2.05, 4.69) is 18.2 Å². The fourth-order valence-corrected chi connectivity index (χ4v) is 2.33. The molecule has 1 aromatic carbocycles. The summed E-state index contributed by atoms with van der Waals surface area (Å²) in [6.07, 6.45) is 7.51. The average Bonchev–Trinajstić information content (AvgIpc) is 2.43. The molecule has 19 heavy (non-hydrogen) atoms. The van der Waals surface area contributed by atoms with E-state index < -0.39 is 0 Å². The maximum absolute atomic E-state index is 6.18. The highest BCUT2D eigenvalue weighted by molar-refractivity contribution is 6.32. The van der Waals surface area contributed by atoms with Gasteiger partial charge in [-0.2, -0.15) is 0 Å². The first-order valence-corrected chi connectivity index (χ1v) is 6.90. The summed E-state index contributed by atoms with van der Waals surface area (Å²) in [4.78, 5) is 0. The van der Waals surface area contributed by atoms with E-state index in [0.29, 0.717) is 36.3 Å². The molecule has 0 saturated heterocycles. The van der Waals surface area contributed by atoms with E-state index in [9.17, 15) is 0 Å². The number of nitrogens with one attached hydrogen (secondary N) is 1. The predicted molar refractivity (Wildman–Crippen MR) is 76.8 cm³/mol. The summed E-state index contributed by atoms with van der Waals surface area (Å²) >= 11 is 6.18. The number of hydrogen-bond acceptors (Lipinski definition) is 3. The number of ether oxygens (including phenoxy) is 2. The molecule has 0 aromatic heterocycles. The van der Waals surface area contributed by atoms with Gasteiger partial charge in [0.1, 0.15) is 13.2 Å². The number of hydrogen-bond donors (Lipinski definition) is 1. The van der Waals surface area contributed by atoms with Crippen LogP contribution in [0.3, 0.4) is 0 Å². The molecule has 102 valence electrons. The van der Waals surface area contributed by atoms with Gasteiger partial charge >= 0.3 is 0 Å². The predicted octanol–water partition coefficient (Wildman–Crippen LogP) is 3.00. The molecule has 0 amide bonds. The lowest BCUT2D eigenvalue weighted by molar-refractivity contribution is 0.171. The Morgan fingerprint density at radius 2 is 2.21 bits per heavy atom. The molecule has 1 aromatic rings. The monoisotopic (exact) mass is 279 g/mol. The number of benzene rings is 1. The van der Waals surface area contributed by atoms with E-state index >= 15 is 0 Å². The molecule has 1 N–H and O–H groups in total. The quantitative estimate of drug-likeness (QED) is 0.841. The number of rotatable bonds is 5. The molecule has 1 aliphatic heterocycles. The van der Waals surface area contributed by atoms with Crippen molar-refractivity contribution in [1.29, 1.82) is 0 Å². The van der Waals surface area contributed by atoms with Gasteiger partial charge in [-0.15, -0.1) is 6.42 Å². The van der Waals surface area contributed by atoms with Crippen molar-refractivity contribution in [3.8, 4) is 23.8 Å². The first-order valence-electron chi connectivity index (χ1n) is 6.52. The number of terminal acetylenes is 1. The van der Waals surface area contributed by atoms with Crippen molar-refractivity contribution >= 4 is 11.6 Å². The summed E-state index contributed by atoms with van der Waals surface area (Å²) in [6, 6.07) is 3.94. The molecular formula is C15H18ClNO2. The standard InChI is InChI=1S/C15H18ClNO2/c1-3-5-12(4-2)17-10-11-8-13(16)15-14(9-11)18-6-7-19-15/h2,8-9,12,17H,3,5-7,10H2,1H3. The third kappa shape index (κ3) is 3.56. The Kier molecular flexibility index (Phi) is 4.95. The lowest BCUT2D eigenvalue weighted by Gasteiger charge is -2.20. The molecule has 4 heteroatoms. The van der Waals surface area contributed by atoms with E-state index in [1.165, 1.54) is 0 Å². The molecule has 2 rings (SSSR count). The van der Waals surface area contributed by atoms with Gasteiger partial charge in [0.2, 0.25) is 0 Å². The highest BCUT2D eigenvalue weighted by Crippen LogP contribution is 2.38. The van der Waals surface area contributed by atoms with Crippen LogP contribution in [0.4, 0.5) is 0 Å². The van der Waals surface area contributed by atoms with E-state index in [0.717, 1.165) is 18.4 Å². The maximum atomic E-state index is 6.18. The average molecular weight is 280 g/mol. The Morgan fingerprint density at radius 3 is 2.95 bits per heavy atom. The van der Waals surface area contributed by atoms with Gasteiger partial charge < -0.3 is 9.47 Å². The zero-order valence-corrected chi connectivity index (χ0v) is 11.8. The van der Waals surface area contributed by atoms with Crippen molar-refractivity contribution in [2.45, 2.75) is 32.4 Å². The van der Waals surface area contributed by atoms with E-state index in [1.807, 2.05) is 12.1 Å². The molecule has 1 heterocycles. The summed E-state index contributed by atoms with van der Waals surface area (Å²) in [5, 5.41) is 3.91. The lowest BCUT2D eigenvalue weighted by atomic mass is 10.1. The zero-order chi connectivity index (χ0) is 13.7. The van der Waals surface area contributed by atoms with Crippen LogP contribution in [-0.2, 0) is 6.54 Å². The SMILES string of the molecule is C#CC(CCC)NCc1cc(Cl)c2c(c1)OCCO2. The highest BCUT2D eigenvalue weighted by atomic mass is 35.5. The third-order valence-corrected chi connectivity index (χ3v) is 3.27. The Hall–Kier alpha value is -1.37. The van der Waals surface area contributed by atoms with Crippen molar-refractivity contribution in [2.75, 3.05) is 13.2 Å². The molecule has 0 radical (unpaired) electrons. The van der Waals surface area contributed by atoms with Crippen LogP contribution in [0, 0.1) is 12.3 Å². The van der Waals surface area contributed by atoms with Crippen molar-refractivity contribution < 1.29 is 9.47 Å². The minimum atomic E-state index is 0.0944. The van der Waals surface area contributed by atoms with E-state index in [4.69, 9.17) is 27.5 Å². The van der Waals surface area contributed by atoms with Gasteiger partial charge in [-0.1, -0.05) is 30.9 Å². The minimum Gasteiger partial charge on any atom is -0.486 e. The number of fused-ring (bicyclic) bond motifs is 1. The summed E-state index contributed by atoms with van der Waals surface area (Å²) in [7, 11) is 0. The van der Waals surface area contributed by atoms with Crippen LogP contribution in [0.2, 0.25) is 5.02 Å². The van der Waals surface area contributed by atoms with Crippen molar-refractivity contribution in [1.82, 2.24) is 5.32 Å². The molecule has 0 saturated carbocycles. The summed E-state index contributed by atoms with van der Waals surface area (Å²) in [5.74, 6) is 4.10. The highest BCUT2D eigenvalue weighted by Gasteiger charge is 2.16. The molecule has 1 unspecified atom stereocenters. The Balaban J connectivity index is 2.05. The van der Waals surface area contributed by atoms with Crippen LogP contribution >= 0.6 is 11.6 Å². The molecular weight excluding hydrogens is 262 g/mol. The molecule has 1 atom stereocenters. The number of halogens is 1. The lowest BCUT2D eigenvalue weighted by Crippen LogP contribution is -2.27. The molecule has 1 aliphatic rings. The van der Waals surface area contributed by atoms with Crippen molar-refractivity contribution in [3.05, 3.63) is 22.7 Å². The van der Waals surface area contributed by atoms with Crippen LogP contribution in [0.1, 0.15) is 25.3 Å². The van der Waals surface area contributed by atoms with Gasteiger partial charge in [0.25, 0.3) is 0 Å². The van der Waals surface area contributed by atoms with Crippen LogP contribution in [0.5, 0.6) is 11.5 Å². The fourth-order valence-electron chi connectivity index (χ4n) is 2.04. The van der Waals surface area contributed by atoms with Gasteiger partial charge in [-0.25, -0.2) is 0 Å². The molecule has 0 aliphatic carbocycles. The maximum Gasteiger partial charge on any atom is 0.179 e. The van der Waals surface area contributed by atoms with Gasteiger partial charge in [0.15, 0.2) is 11.5 Å². The summed E-state index contributed by atoms with van der Waals surface area (Å²) < 4.78 is 11.0.